The Morgan fingerprint density at radius 2 is 2.18 bits per heavy atom. The van der Waals surface area contributed by atoms with Gasteiger partial charge >= 0.3 is 0 Å². The van der Waals surface area contributed by atoms with Crippen LogP contribution in [0.3, 0.4) is 0 Å². The average molecular weight is 167 g/mol. The zero-order valence-electron chi connectivity index (χ0n) is 5.88. The first-order valence-corrected chi connectivity index (χ1v) is 3.95. The Labute approximate surface area is 69.9 Å². The van der Waals surface area contributed by atoms with Gasteiger partial charge in [0.15, 0.2) is 0 Å². The molecule has 2 heteroatoms. The van der Waals surface area contributed by atoms with E-state index in [1.165, 1.54) is 5.56 Å². The molecular weight excluding hydrogens is 160 g/mol. The van der Waals surface area contributed by atoms with Gasteiger partial charge in [0.1, 0.15) is 0 Å². The van der Waals surface area contributed by atoms with Crippen LogP contribution >= 0.6 is 11.6 Å². The second-order valence-electron chi connectivity index (χ2n) is 2.42. The lowest BCUT2D eigenvalue weighted by molar-refractivity contribution is 0.552. The summed E-state index contributed by atoms with van der Waals surface area (Å²) in [5, 5.41) is 0. The molecule has 1 nitrogen and oxygen atoms in total. The fraction of sp³-hybridized carbons (Fsp3) is 0.111. The zero-order chi connectivity index (χ0) is 7.68. The Kier molecular flexibility index (Phi) is 1.59. The van der Waals surface area contributed by atoms with Crippen molar-refractivity contribution in [1.82, 2.24) is 0 Å². The van der Waals surface area contributed by atoms with Crippen LogP contribution in [0.5, 0.6) is 0 Å². The highest BCUT2D eigenvalue weighted by atomic mass is 35.5. The van der Waals surface area contributed by atoms with E-state index >= 15 is 0 Å². The van der Waals surface area contributed by atoms with Gasteiger partial charge in [0.05, 0.1) is 12.5 Å². The summed E-state index contributed by atoms with van der Waals surface area (Å²) in [6, 6.07) is 5.97. The van der Waals surface area contributed by atoms with Crippen molar-refractivity contribution in [2.45, 2.75) is 5.88 Å². The van der Waals surface area contributed by atoms with Gasteiger partial charge in [-0.3, -0.25) is 0 Å². The Bertz CT molecular complexity index is 326. The lowest BCUT2D eigenvalue weighted by atomic mass is 10.1. The van der Waals surface area contributed by atoms with E-state index < -0.39 is 0 Å². The minimum absolute atomic E-state index is 0.563. The molecule has 0 amide bonds. The zero-order valence-corrected chi connectivity index (χ0v) is 6.64. The van der Waals surface area contributed by atoms with Crippen LogP contribution in [0.25, 0.3) is 11.1 Å². The van der Waals surface area contributed by atoms with Gasteiger partial charge in [0, 0.05) is 11.4 Å². The molecule has 0 N–H and O–H groups in total. The molecule has 0 bridgehead atoms. The molecule has 1 aliphatic heterocycles. The molecule has 0 aromatic carbocycles. The lowest BCUT2D eigenvalue weighted by Crippen LogP contribution is -1.76. The molecule has 2 aliphatic rings. The van der Waals surface area contributed by atoms with Gasteiger partial charge in [-0.1, -0.05) is 12.1 Å². The molecular formula is C9H7ClO. The monoisotopic (exact) mass is 166 g/mol. The van der Waals surface area contributed by atoms with Crippen LogP contribution in [0, 0.1) is 0 Å². The maximum absolute atomic E-state index is 5.72. The van der Waals surface area contributed by atoms with Crippen molar-refractivity contribution in [3.63, 3.8) is 0 Å². The summed E-state index contributed by atoms with van der Waals surface area (Å²) >= 11 is 5.72. The molecule has 0 saturated heterocycles. The largest absolute Gasteiger partial charge is 0.472 e. The molecule has 1 heterocycles. The average Bonchev–Trinajstić information content (AvgIpc) is 2.47. The van der Waals surface area contributed by atoms with Crippen molar-refractivity contribution in [1.29, 1.82) is 0 Å². The Morgan fingerprint density at radius 3 is 3.00 bits per heavy atom. The highest BCUT2D eigenvalue weighted by Gasteiger charge is 2.06. The summed E-state index contributed by atoms with van der Waals surface area (Å²) < 4.78 is 5.01. The Hall–Kier alpha value is -0.950. The number of fused-ring (bicyclic) bond motifs is 1. The molecule has 0 atom stereocenters. The van der Waals surface area contributed by atoms with E-state index in [1.807, 2.05) is 18.2 Å². The summed E-state index contributed by atoms with van der Waals surface area (Å²) in [5.74, 6) is 0.563. The summed E-state index contributed by atoms with van der Waals surface area (Å²) in [7, 11) is 0. The number of alkyl halides is 1. The van der Waals surface area contributed by atoms with Crippen LogP contribution in [-0.2, 0) is 5.88 Å². The van der Waals surface area contributed by atoms with Crippen LogP contribution in [-0.4, -0.2) is 0 Å². The van der Waals surface area contributed by atoms with Gasteiger partial charge in [-0.25, -0.2) is 0 Å². The second kappa shape index (κ2) is 2.59. The second-order valence-corrected chi connectivity index (χ2v) is 2.69. The first-order chi connectivity index (χ1) is 5.42. The highest BCUT2D eigenvalue weighted by molar-refractivity contribution is 6.17. The maximum Gasteiger partial charge on any atom is 0.0979 e. The molecule has 0 unspecified atom stereocenters. The molecule has 0 spiro atoms. The third-order valence-corrected chi connectivity index (χ3v) is 2.06. The van der Waals surface area contributed by atoms with Gasteiger partial charge in [-0.15, -0.1) is 11.6 Å². The van der Waals surface area contributed by atoms with E-state index in [-0.39, 0.29) is 0 Å². The topological polar surface area (TPSA) is 13.1 Å². The van der Waals surface area contributed by atoms with Gasteiger partial charge in [0.25, 0.3) is 0 Å². The van der Waals surface area contributed by atoms with Crippen molar-refractivity contribution < 1.29 is 4.42 Å². The number of rotatable bonds is 1. The fourth-order valence-corrected chi connectivity index (χ4v) is 1.43. The number of hydrogen-bond donors (Lipinski definition) is 0. The normalized spacial score (nSPS) is 10.6. The third-order valence-electron chi connectivity index (χ3n) is 1.77. The van der Waals surface area contributed by atoms with E-state index in [9.17, 15) is 0 Å². The van der Waals surface area contributed by atoms with Crippen molar-refractivity contribution in [2.75, 3.05) is 0 Å². The fourth-order valence-electron chi connectivity index (χ4n) is 1.20. The molecule has 56 valence electrons. The molecule has 0 radical (unpaired) electrons. The first-order valence-electron chi connectivity index (χ1n) is 3.41. The molecule has 1 aliphatic carbocycles. The standard InChI is InChI=1S/C9H7ClO/c10-5-7-1-2-8-6-11-4-3-9(7)8/h1-4,6H,5H2. The summed E-state index contributed by atoms with van der Waals surface area (Å²) in [5.41, 5.74) is 3.46. The van der Waals surface area contributed by atoms with Crippen LogP contribution in [0.4, 0.5) is 0 Å². The van der Waals surface area contributed by atoms with Crippen LogP contribution in [0.15, 0.2) is 35.1 Å². The predicted octanol–water partition coefficient (Wildman–Crippen LogP) is 3.12. The van der Waals surface area contributed by atoms with Crippen molar-refractivity contribution >= 4 is 11.6 Å². The lowest BCUT2D eigenvalue weighted by Gasteiger charge is -1.97. The number of halogens is 1. The maximum atomic E-state index is 5.72. The van der Waals surface area contributed by atoms with Crippen molar-refractivity contribution in [3.05, 3.63) is 36.3 Å². The highest BCUT2D eigenvalue weighted by Crippen LogP contribution is 2.28. The van der Waals surface area contributed by atoms with Gasteiger partial charge in [-0.05, 0) is 17.2 Å². The van der Waals surface area contributed by atoms with E-state index in [0.29, 0.717) is 5.88 Å². The molecule has 0 fully saturated rings. The van der Waals surface area contributed by atoms with E-state index in [4.69, 9.17) is 16.0 Å². The Balaban J connectivity index is 2.64. The molecule has 2 rings (SSSR count). The first kappa shape index (κ1) is 6.74. The number of hydrogen-bond acceptors (Lipinski definition) is 1. The van der Waals surface area contributed by atoms with Gasteiger partial charge in [-0.2, -0.15) is 0 Å². The minimum Gasteiger partial charge on any atom is -0.472 e. The minimum atomic E-state index is 0.563. The Morgan fingerprint density at radius 1 is 1.27 bits per heavy atom. The summed E-state index contributed by atoms with van der Waals surface area (Å²) in [6.45, 7) is 0. The third kappa shape index (κ3) is 1.02. The molecule has 11 heavy (non-hydrogen) atoms. The van der Waals surface area contributed by atoms with Crippen molar-refractivity contribution in [2.24, 2.45) is 0 Å². The predicted molar refractivity (Wildman–Crippen MR) is 44.9 cm³/mol. The molecule has 0 aromatic rings. The van der Waals surface area contributed by atoms with Crippen LogP contribution in [0.2, 0.25) is 0 Å². The molecule has 0 aromatic heterocycles. The van der Waals surface area contributed by atoms with E-state index in [2.05, 4.69) is 0 Å². The van der Waals surface area contributed by atoms with Crippen LogP contribution < -0.4 is 0 Å². The molecule has 0 saturated carbocycles. The van der Waals surface area contributed by atoms with E-state index in [0.717, 1.165) is 11.1 Å². The SMILES string of the molecule is ClCc1ccc2coccc1-2. The van der Waals surface area contributed by atoms with Gasteiger partial charge in [0.2, 0.25) is 0 Å². The van der Waals surface area contributed by atoms with Crippen molar-refractivity contribution in [3.8, 4) is 11.1 Å². The van der Waals surface area contributed by atoms with Gasteiger partial charge < -0.3 is 4.42 Å². The van der Waals surface area contributed by atoms with Crippen LogP contribution in [0.1, 0.15) is 5.56 Å². The summed E-state index contributed by atoms with van der Waals surface area (Å²) in [6.07, 6.45) is 3.39. The smallest absolute Gasteiger partial charge is 0.0979 e. The quantitative estimate of drug-likeness (QED) is 0.594. The van der Waals surface area contributed by atoms with E-state index in [1.54, 1.807) is 12.5 Å². The summed E-state index contributed by atoms with van der Waals surface area (Å²) in [4.78, 5) is 0.